The first-order valence-electron chi connectivity index (χ1n) is 20.5. The number of fused-ring (bicyclic) bond motifs is 6. The van der Waals surface area contributed by atoms with Crippen LogP contribution in [0.5, 0.6) is 0 Å². The maximum atomic E-state index is 14.1. The molecular weight excluding hydrogens is 884 g/mol. The molecule has 0 aliphatic rings. The molecule has 0 N–H and O–H groups in total. The number of hydrogen-bond donors (Lipinski definition) is 0. The van der Waals surface area contributed by atoms with Gasteiger partial charge in [0.15, 0.2) is 5.65 Å². The van der Waals surface area contributed by atoms with Crippen LogP contribution in [0.15, 0.2) is 120 Å². The molecule has 9 rings (SSSR count). The van der Waals surface area contributed by atoms with E-state index in [4.69, 9.17) is 18.5 Å². The molecule has 1 radical (unpaired) electrons. The van der Waals surface area contributed by atoms with Crippen LogP contribution in [0.4, 0.5) is 4.39 Å². The van der Waals surface area contributed by atoms with Gasteiger partial charge in [0.25, 0.3) is 0 Å². The Labute approximate surface area is 351 Å². The molecule has 0 aliphatic heterocycles. The molecule has 0 amide bonds. The van der Waals surface area contributed by atoms with E-state index in [1.165, 1.54) is 17.2 Å². The number of pyridine rings is 2. The van der Waals surface area contributed by atoms with Crippen molar-refractivity contribution in [2.45, 2.75) is 72.6 Å². The van der Waals surface area contributed by atoms with Gasteiger partial charge < -0.3 is 14.0 Å². The number of furan rings is 1. The predicted molar refractivity (Wildman–Crippen MR) is 228 cm³/mol. The normalized spacial score (nSPS) is 12.8. The number of halogens is 1. The molecule has 5 nitrogen and oxygen atoms in total. The van der Waals surface area contributed by atoms with E-state index in [1.807, 2.05) is 42.6 Å². The summed E-state index contributed by atoms with van der Waals surface area (Å²) in [5.41, 5.74) is 9.49. The van der Waals surface area contributed by atoms with Crippen LogP contribution < -0.4 is 0 Å². The summed E-state index contributed by atoms with van der Waals surface area (Å²) >= 11 is 0. The zero-order chi connectivity index (χ0) is 41.8. The van der Waals surface area contributed by atoms with Gasteiger partial charge in [0.1, 0.15) is 11.1 Å². The quantitative estimate of drug-likeness (QED) is 0.161. The molecule has 0 bridgehead atoms. The molecule has 57 heavy (non-hydrogen) atoms. The van der Waals surface area contributed by atoms with E-state index >= 15 is 0 Å². The zero-order valence-electron chi connectivity index (χ0n) is 36.0. The van der Waals surface area contributed by atoms with Crippen LogP contribution in [0, 0.1) is 24.8 Å². The number of para-hydroxylation sites is 2. The minimum Gasteiger partial charge on any atom is -0.501 e. The molecule has 289 valence electrons. The van der Waals surface area contributed by atoms with Gasteiger partial charge >= 0.3 is 0 Å². The Hall–Kier alpha value is -5.49. The first-order valence-corrected chi connectivity index (χ1v) is 19.0. The third kappa shape index (κ3) is 7.43. The van der Waals surface area contributed by atoms with Crippen LogP contribution in [0.2, 0.25) is 0 Å². The molecule has 4 aromatic heterocycles. The van der Waals surface area contributed by atoms with Crippen molar-refractivity contribution >= 4 is 43.9 Å². The van der Waals surface area contributed by atoms with E-state index in [9.17, 15) is 4.39 Å². The van der Waals surface area contributed by atoms with Gasteiger partial charge in [-0.05, 0) is 45.7 Å². The monoisotopic (exact) mass is 932 g/mol. The third-order valence-electron chi connectivity index (χ3n) is 10.3. The van der Waals surface area contributed by atoms with Gasteiger partial charge in [-0.2, -0.15) is 0 Å². The molecule has 0 unspecified atom stereocenters. The summed E-state index contributed by atoms with van der Waals surface area (Å²) in [6, 6.07) is 39.3. The standard InChI is InChI=1S/C34H28N3O.C16H17FN.Ir/c1-20(2)23-14-9-15-24(21(3)4)31(23)37-33(36-30-25-12-6-5-11-22(25)19-35-34(30)37)28-17-10-16-27-26-13-7-8-18-29(26)38-32(27)28;1-11-5-7-13(14(17)9-11)15-8-6-12(10-18-15)16(2,3)4;/h5-16,18-21H,1-4H3;5-6,8-10H,1-4H3;/q2*-1;/i;1D3;. The number of aromatic nitrogens is 4. The molecule has 0 saturated carbocycles. The van der Waals surface area contributed by atoms with E-state index in [-0.39, 0.29) is 36.6 Å². The minimum absolute atomic E-state index is 0. The van der Waals surface area contributed by atoms with Gasteiger partial charge in [-0.3, -0.25) is 9.37 Å². The fraction of sp³-hybridized carbons (Fsp3) is 0.220. The molecule has 7 heteroatoms. The van der Waals surface area contributed by atoms with Crippen LogP contribution >= 0.6 is 0 Å². The summed E-state index contributed by atoms with van der Waals surface area (Å²) in [6.45, 7) is 12.9. The van der Waals surface area contributed by atoms with Crippen molar-refractivity contribution in [1.82, 2.24) is 19.5 Å². The second-order valence-corrected chi connectivity index (χ2v) is 15.9. The smallest absolute Gasteiger partial charge is 0.156 e. The minimum atomic E-state index is -2.33. The number of nitrogens with zero attached hydrogens (tertiary/aromatic N) is 4. The molecule has 9 aromatic rings. The van der Waals surface area contributed by atoms with Gasteiger partial charge in [0.05, 0.1) is 11.4 Å². The fourth-order valence-corrected chi connectivity index (χ4v) is 7.32. The fourth-order valence-electron chi connectivity index (χ4n) is 7.32. The predicted octanol–water partition coefficient (Wildman–Crippen LogP) is 13.5. The SMILES string of the molecule is CC(C)c1cccc(C(C)C)c1-n1c(-c2[c-]ccc3c2oc2ccccc23)nc2c3ccccc3cnc21.[2H]C([2H])([2H])c1c[c-]c(-c2ccc(C(C)(C)C)cn2)c(F)c1.[Ir]. The topological polar surface area (TPSA) is 56.7 Å². The summed E-state index contributed by atoms with van der Waals surface area (Å²) in [5, 5.41) is 4.31. The summed E-state index contributed by atoms with van der Waals surface area (Å²) in [7, 11) is 0. The maximum Gasteiger partial charge on any atom is 0.156 e. The van der Waals surface area contributed by atoms with Crippen molar-refractivity contribution in [3.63, 3.8) is 0 Å². The second kappa shape index (κ2) is 15.8. The first kappa shape index (κ1) is 35.9. The van der Waals surface area contributed by atoms with Crippen molar-refractivity contribution in [3.05, 3.63) is 156 Å². The number of hydrogen-bond acceptors (Lipinski definition) is 4. The average molecular weight is 932 g/mol. The van der Waals surface area contributed by atoms with E-state index < -0.39 is 12.7 Å². The van der Waals surface area contributed by atoms with Crippen molar-refractivity contribution in [2.24, 2.45) is 0 Å². The van der Waals surface area contributed by atoms with Crippen molar-refractivity contribution < 1.29 is 33.0 Å². The molecule has 5 aromatic carbocycles. The average Bonchev–Trinajstić information content (AvgIpc) is 3.79. The number of benzene rings is 5. The van der Waals surface area contributed by atoms with Crippen LogP contribution in [0.3, 0.4) is 0 Å². The van der Waals surface area contributed by atoms with Crippen LogP contribution in [-0.4, -0.2) is 19.5 Å². The third-order valence-corrected chi connectivity index (χ3v) is 10.3. The van der Waals surface area contributed by atoms with E-state index in [2.05, 4.69) is 119 Å². The number of aryl methyl sites for hydroxylation is 1. The van der Waals surface area contributed by atoms with Crippen LogP contribution in [0.25, 0.3) is 72.2 Å². The van der Waals surface area contributed by atoms with Crippen molar-refractivity contribution in [1.29, 1.82) is 0 Å². The molecular formula is C50H45FIrN4O-2. The summed E-state index contributed by atoms with van der Waals surface area (Å²) < 4.78 is 44.6. The molecule has 0 spiro atoms. The Morgan fingerprint density at radius 3 is 2.16 bits per heavy atom. The van der Waals surface area contributed by atoms with E-state index in [1.54, 1.807) is 12.3 Å². The number of imidazole rings is 1. The zero-order valence-corrected chi connectivity index (χ0v) is 35.4. The van der Waals surface area contributed by atoms with Crippen molar-refractivity contribution in [3.8, 4) is 28.3 Å². The molecule has 0 fully saturated rings. The van der Waals surface area contributed by atoms with Crippen LogP contribution in [-0.2, 0) is 25.5 Å². The summed E-state index contributed by atoms with van der Waals surface area (Å²) in [4.78, 5) is 14.6. The molecule has 0 aliphatic carbocycles. The number of rotatable bonds is 5. The van der Waals surface area contributed by atoms with Gasteiger partial charge in [-0.1, -0.05) is 145 Å². The van der Waals surface area contributed by atoms with Gasteiger partial charge in [0, 0.05) is 64.3 Å². The molecule has 4 heterocycles. The Balaban J connectivity index is 0.000000212. The molecule has 0 atom stereocenters. The van der Waals surface area contributed by atoms with Gasteiger partial charge in [-0.15, -0.1) is 42.0 Å². The summed E-state index contributed by atoms with van der Waals surface area (Å²) in [6.07, 6.45) is 3.67. The summed E-state index contributed by atoms with van der Waals surface area (Å²) in [5.74, 6) is 0.809. The Morgan fingerprint density at radius 2 is 1.49 bits per heavy atom. The van der Waals surface area contributed by atoms with E-state index in [0.717, 1.165) is 72.6 Å². The van der Waals surface area contributed by atoms with Gasteiger partial charge in [0.2, 0.25) is 0 Å². The first-order chi connectivity index (χ1) is 28.1. The van der Waals surface area contributed by atoms with Gasteiger partial charge in [-0.25, -0.2) is 4.98 Å². The Bertz CT molecular complexity index is 2970. The maximum absolute atomic E-state index is 14.1. The molecule has 0 saturated heterocycles. The Kier molecular flexibility index (Phi) is 9.95. The van der Waals surface area contributed by atoms with Crippen LogP contribution in [0.1, 0.15) is 86.7 Å². The second-order valence-electron chi connectivity index (χ2n) is 15.9. The largest absolute Gasteiger partial charge is 0.501 e. The van der Waals surface area contributed by atoms with Crippen molar-refractivity contribution in [2.75, 3.05) is 0 Å². The van der Waals surface area contributed by atoms with E-state index in [0.29, 0.717) is 17.5 Å². The Morgan fingerprint density at radius 1 is 0.772 bits per heavy atom.